The molecule has 0 aliphatic heterocycles. The van der Waals surface area contributed by atoms with Gasteiger partial charge in [-0.15, -0.1) is 0 Å². The summed E-state index contributed by atoms with van der Waals surface area (Å²) in [6.07, 6.45) is 3.83. The largest absolute Gasteiger partial charge is 0.439 e. The Morgan fingerprint density at radius 2 is 2.03 bits per heavy atom. The second-order valence-corrected chi connectivity index (χ2v) is 7.38. The van der Waals surface area contributed by atoms with Gasteiger partial charge in [0.25, 0.3) is 0 Å². The summed E-state index contributed by atoms with van der Waals surface area (Å²) in [6.45, 7) is 8.29. The van der Waals surface area contributed by atoms with E-state index in [1.54, 1.807) is 6.20 Å². The van der Waals surface area contributed by atoms with Crippen LogP contribution in [0.2, 0.25) is 0 Å². The van der Waals surface area contributed by atoms with Crippen LogP contribution >= 0.6 is 0 Å². The molecular weight excluding hydrogens is 364 g/mol. The van der Waals surface area contributed by atoms with Gasteiger partial charge >= 0.3 is 0 Å². The van der Waals surface area contributed by atoms with Gasteiger partial charge in [-0.05, 0) is 12.8 Å². The van der Waals surface area contributed by atoms with Crippen molar-refractivity contribution in [1.29, 1.82) is 0 Å². The molecule has 0 fully saturated rings. The maximum Gasteiger partial charge on any atom is 0.216 e. The average molecular weight is 395 g/mol. The number of aliphatic imine (C=N–C) groups is 1. The van der Waals surface area contributed by atoms with Crippen molar-refractivity contribution >= 4 is 5.96 Å². The molecule has 154 valence electrons. The SMILES string of the molecule is CCNC(=NCc1ncc(-c2ccccc2)o1)N(C)Cc1cn(C)nc1C(C)C. The van der Waals surface area contributed by atoms with E-state index in [0.29, 0.717) is 18.4 Å². The van der Waals surface area contributed by atoms with E-state index in [0.717, 1.165) is 36.1 Å². The highest BCUT2D eigenvalue weighted by atomic mass is 16.4. The van der Waals surface area contributed by atoms with Crippen LogP contribution < -0.4 is 5.32 Å². The van der Waals surface area contributed by atoms with Crippen LogP contribution in [0.4, 0.5) is 0 Å². The number of nitrogens with zero attached hydrogens (tertiary/aromatic N) is 5. The Labute approximate surface area is 172 Å². The predicted octanol–water partition coefficient (Wildman–Crippen LogP) is 3.80. The fourth-order valence-corrected chi connectivity index (χ4v) is 3.22. The standard InChI is InChI=1S/C22H30N6O/c1-6-23-22(27(4)14-18-15-28(5)26-21(18)16(2)3)25-13-20-24-12-19(29-20)17-10-8-7-9-11-17/h7-12,15-16H,6,13-14H2,1-5H3,(H,23,25). The molecule has 0 bridgehead atoms. The summed E-state index contributed by atoms with van der Waals surface area (Å²) in [5.41, 5.74) is 3.34. The van der Waals surface area contributed by atoms with Crippen LogP contribution in [0.25, 0.3) is 11.3 Å². The first-order chi connectivity index (χ1) is 14.0. The second-order valence-electron chi connectivity index (χ2n) is 7.38. The van der Waals surface area contributed by atoms with Crippen molar-refractivity contribution in [1.82, 2.24) is 25.0 Å². The van der Waals surface area contributed by atoms with Crippen LogP contribution in [0.3, 0.4) is 0 Å². The summed E-state index contributed by atoms with van der Waals surface area (Å²) in [7, 11) is 3.99. The molecule has 0 aliphatic rings. The maximum absolute atomic E-state index is 5.87. The zero-order valence-corrected chi connectivity index (χ0v) is 17.9. The molecule has 7 nitrogen and oxygen atoms in total. The third kappa shape index (κ3) is 5.25. The maximum atomic E-state index is 5.87. The van der Waals surface area contributed by atoms with Gasteiger partial charge in [0, 0.05) is 44.5 Å². The monoisotopic (exact) mass is 394 g/mol. The summed E-state index contributed by atoms with van der Waals surface area (Å²) in [5.74, 6) is 2.54. The van der Waals surface area contributed by atoms with Gasteiger partial charge in [-0.3, -0.25) is 4.68 Å². The van der Waals surface area contributed by atoms with E-state index in [9.17, 15) is 0 Å². The number of oxazole rings is 1. The van der Waals surface area contributed by atoms with E-state index in [1.807, 2.05) is 49.1 Å². The number of aromatic nitrogens is 3. The van der Waals surface area contributed by atoms with Crippen molar-refractivity contribution in [2.24, 2.45) is 12.0 Å². The van der Waals surface area contributed by atoms with E-state index in [2.05, 4.69) is 47.3 Å². The van der Waals surface area contributed by atoms with Gasteiger partial charge in [0.15, 0.2) is 11.7 Å². The van der Waals surface area contributed by atoms with Crippen LogP contribution in [0, 0.1) is 0 Å². The lowest BCUT2D eigenvalue weighted by Gasteiger charge is -2.22. The first kappa shape index (κ1) is 20.6. The van der Waals surface area contributed by atoms with Gasteiger partial charge in [-0.1, -0.05) is 44.2 Å². The molecule has 0 saturated carbocycles. The van der Waals surface area contributed by atoms with Gasteiger partial charge in [-0.25, -0.2) is 9.98 Å². The number of hydrogen-bond donors (Lipinski definition) is 1. The average Bonchev–Trinajstić information content (AvgIpc) is 3.32. The van der Waals surface area contributed by atoms with E-state index < -0.39 is 0 Å². The van der Waals surface area contributed by atoms with Crippen molar-refractivity contribution < 1.29 is 4.42 Å². The van der Waals surface area contributed by atoms with Gasteiger partial charge in [0.2, 0.25) is 5.89 Å². The summed E-state index contributed by atoms with van der Waals surface area (Å²) in [4.78, 5) is 11.2. The lowest BCUT2D eigenvalue weighted by molar-refractivity contribution is 0.466. The van der Waals surface area contributed by atoms with Crippen molar-refractivity contribution in [3.63, 3.8) is 0 Å². The molecule has 1 aromatic carbocycles. The van der Waals surface area contributed by atoms with Crippen LogP contribution in [0.1, 0.15) is 43.8 Å². The summed E-state index contributed by atoms with van der Waals surface area (Å²) in [6, 6.07) is 9.96. The minimum absolute atomic E-state index is 0.378. The molecule has 2 aromatic heterocycles. The Kier molecular flexibility index (Phi) is 6.69. The fourth-order valence-electron chi connectivity index (χ4n) is 3.22. The Bertz CT molecular complexity index is 941. The van der Waals surface area contributed by atoms with Crippen LogP contribution in [0.5, 0.6) is 0 Å². The van der Waals surface area contributed by atoms with Crippen LogP contribution in [-0.4, -0.2) is 39.2 Å². The summed E-state index contributed by atoms with van der Waals surface area (Å²) >= 11 is 0. The predicted molar refractivity (Wildman–Crippen MR) is 116 cm³/mol. The first-order valence-corrected chi connectivity index (χ1v) is 10.00. The number of rotatable bonds is 7. The third-order valence-corrected chi connectivity index (χ3v) is 4.56. The van der Waals surface area contributed by atoms with Crippen LogP contribution in [-0.2, 0) is 20.1 Å². The van der Waals surface area contributed by atoms with Crippen molar-refractivity contribution in [2.45, 2.75) is 39.8 Å². The molecule has 0 saturated heterocycles. The number of benzene rings is 1. The van der Waals surface area contributed by atoms with E-state index in [4.69, 9.17) is 9.41 Å². The molecule has 7 heteroatoms. The molecule has 0 atom stereocenters. The minimum atomic E-state index is 0.378. The molecule has 0 amide bonds. The van der Waals surface area contributed by atoms with Gasteiger partial charge < -0.3 is 14.6 Å². The molecule has 1 N–H and O–H groups in total. The van der Waals surface area contributed by atoms with Crippen LogP contribution in [0.15, 0.2) is 52.1 Å². The number of hydrogen-bond acceptors (Lipinski definition) is 4. The van der Waals surface area contributed by atoms with Crippen molar-refractivity contribution in [3.05, 3.63) is 59.9 Å². The normalized spacial score (nSPS) is 11.9. The van der Waals surface area contributed by atoms with E-state index in [-0.39, 0.29) is 0 Å². The molecule has 3 aromatic rings. The number of guanidine groups is 1. The van der Waals surface area contributed by atoms with Crippen molar-refractivity contribution in [3.8, 4) is 11.3 Å². The lowest BCUT2D eigenvalue weighted by atomic mass is 10.1. The zero-order chi connectivity index (χ0) is 20.8. The van der Waals surface area contributed by atoms with E-state index >= 15 is 0 Å². The fraction of sp³-hybridized carbons (Fsp3) is 0.409. The highest BCUT2D eigenvalue weighted by Crippen LogP contribution is 2.21. The second kappa shape index (κ2) is 9.41. The Balaban J connectivity index is 1.72. The first-order valence-electron chi connectivity index (χ1n) is 10.00. The Morgan fingerprint density at radius 3 is 2.72 bits per heavy atom. The smallest absolute Gasteiger partial charge is 0.216 e. The Hall–Kier alpha value is -3.09. The van der Waals surface area contributed by atoms with Gasteiger partial charge in [-0.2, -0.15) is 5.10 Å². The summed E-state index contributed by atoms with van der Waals surface area (Å²) in [5, 5.41) is 7.94. The number of nitrogens with one attached hydrogen (secondary N) is 1. The van der Waals surface area contributed by atoms with Crippen molar-refractivity contribution in [2.75, 3.05) is 13.6 Å². The molecule has 0 spiro atoms. The Morgan fingerprint density at radius 1 is 1.28 bits per heavy atom. The third-order valence-electron chi connectivity index (χ3n) is 4.56. The molecule has 3 rings (SSSR count). The quantitative estimate of drug-likeness (QED) is 0.488. The molecular formula is C22H30N6O. The molecule has 0 aliphatic carbocycles. The molecule has 2 heterocycles. The molecule has 0 radical (unpaired) electrons. The number of aryl methyl sites for hydroxylation is 1. The topological polar surface area (TPSA) is 71.5 Å². The lowest BCUT2D eigenvalue weighted by Crippen LogP contribution is -2.38. The van der Waals surface area contributed by atoms with Gasteiger partial charge in [0.05, 0.1) is 11.9 Å². The van der Waals surface area contributed by atoms with Gasteiger partial charge in [0.1, 0.15) is 6.54 Å². The minimum Gasteiger partial charge on any atom is -0.439 e. The highest BCUT2D eigenvalue weighted by molar-refractivity contribution is 5.79. The highest BCUT2D eigenvalue weighted by Gasteiger charge is 2.15. The zero-order valence-electron chi connectivity index (χ0n) is 17.9. The molecule has 0 unspecified atom stereocenters. The summed E-state index contributed by atoms with van der Waals surface area (Å²) < 4.78 is 7.75. The molecule has 29 heavy (non-hydrogen) atoms. The van der Waals surface area contributed by atoms with E-state index in [1.165, 1.54) is 5.56 Å².